The van der Waals surface area contributed by atoms with Crippen molar-refractivity contribution in [2.75, 3.05) is 0 Å². The second kappa shape index (κ2) is 6.32. The van der Waals surface area contributed by atoms with Gasteiger partial charge in [-0.05, 0) is 18.4 Å². The maximum Gasteiger partial charge on any atom is 0.246 e. The summed E-state index contributed by atoms with van der Waals surface area (Å²) in [6.45, 7) is 6.27. The normalized spacial score (nSPS) is 10.8. The van der Waals surface area contributed by atoms with Gasteiger partial charge >= 0.3 is 0 Å². The smallest absolute Gasteiger partial charge is 0.246 e. The molecule has 1 aromatic heterocycles. The molecule has 5 nitrogen and oxygen atoms in total. The van der Waals surface area contributed by atoms with Gasteiger partial charge in [-0.3, -0.25) is 4.79 Å². The molecule has 1 amide bonds. The quantitative estimate of drug-likeness (QED) is 0.909. The Labute approximate surface area is 118 Å². The summed E-state index contributed by atoms with van der Waals surface area (Å²) in [5, 5.41) is 6.72. The molecule has 0 radical (unpaired) electrons. The molecule has 5 heteroatoms. The summed E-state index contributed by atoms with van der Waals surface area (Å²) in [6.07, 6.45) is 0.499. The van der Waals surface area contributed by atoms with Crippen molar-refractivity contribution < 1.29 is 9.32 Å². The molecule has 20 heavy (non-hydrogen) atoms. The molecular weight excluding hydrogens is 254 g/mol. The van der Waals surface area contributed by atoms with Gasteiger partial charge in [-0.1, -0.05) is 43.3 Å². The molecule has 0 atom stereocenters. The lowest BCUT2D eigenvalue weighted by atomic mass is 10.1. The summed E-state index contributed by atoms with van der Waals surface area (Å²) in [5.74, 6) is 1.30. The van der Waals surface area contributed by atoms with Crippen LogP contribution in [0.4, 0.5) is 0 Å². The summed E-state index contributed by atoms with van der Waals surface area (Å²) in [4.78, 5) is 15.9. The third kappa shape index (κ3) is 3.66. The van der Waals surface area contributed by atoms with E-state index >= 15 is 0 Å². The summed E-state index contributed by atoms with van der Waals surface area (Å²) >= 11 is 0. The first-order chi connectivity index (χ1) is 9.56. The van der Waals surface area contributed by atoms with Crippen LogP contribution in [0, 0.1) is 12.8 Å². The number of benzene rings is 1. The molecule has 2 rings (SSSR count). The van der Waals surface area contributed by atoms with Gasteiger partial charge in [-0.15, -0.1) is 0 Å². The third-order valence-electron chi connectivity index (χ3n) is 2.88. The van der Waals surface area contributed by atoms with Crippen LogP contribution in [0.15, 0.2) is 28.8 Å². The molecule has 0 aliphatic carbocycles. The molecule has 106 valence electrons. The predicted octanol–water partition coefficient (Wildman–Crippen LogP) is 2.71. The SMILES string of the molecule is Cc1ccccc1-c1noc(CNC(=O)CC(C)C)n1. The highest BCUT2D eigenvalue weighted by molar-refractivity contribution is 5.75. The Morgan fingerprint density at radius 2 is 2.10 bits per heavy atom. The number of aromatic nitrogens is 2. The fraction of sp³-hybridized carbons (Fsp3) is 0.400. The Bertz CT molecular complexity index is 590. The molecule has 1 heterocycles. The molecule has 0 bridgehead atoms. The van der Waals surface area contributed by atoms with Crippen molar-refractivity contribution in [2.45, 2.75) is 33.7 Å². The number of hydrogen-bond donors (Lipinski definition) is 1. The highest BCUT2D eigenvalue weighted by Crippen LogP contribution is 2.19. The molecule has 0 fully saturated rings. The number of nitrogens with zero attached hydrogens (tertiary/aromatic N) is 2. The largest absolute Gasteiger partial charge is 0.347 e. The second-order valence-corrected chi connectivity index (χ2v) is 5.20. The van der Waals surface area contributed by atoms with Crippen molar-refractivity contribution in [3.63, 3.8) is 0 Å². The van der Waals surface area contributed by atoms with E-state index in [9.17, 15) is 4.79 Å². The number of hydrogen-bond acceptors (Lipinski definition) is 4. The first kappa shape index (κ1) is 14.2. The maximum absolute atomic E-state index is 11.6. The lowest BCUT2D eigenvalue weighted by Gasteiger charge is -2.04. The number of amides is 1. The van der Waals surface area contributed by atoms with Crippen LogP contribution in [0.2, 0.25) is 0 Å². The Kier molecular flexibility index (Phi) is 4.50. The van der Waals surface area contributed by atoms with Crippen LogP contribution in [-0.4, -0.2) is 16.0 Å². The summed E-state index contributed by atoms with van der Waals surface area (Å²) < 4.78 is 5.15. The van der Waals surface area contributed by atoms with Crippen molar-refractivity contribution >= 4 is 5.91 Å². The van der Waals surface area contributed by atoms with Gasteiger partial charge in [-0.25, -0.2) is 0 Å². The zero-order chi connectivity index (χ0) is 14.5. The minimum absolute atomic E-state index is 0.00404. The van der Waals surface area contributed by atoms with Gasteiger partial charge in [0.15, 0.2) is 0 Å². The lowest BCUT2D eigenvalue weighted by Crippen LogP contribution is -2.24. The van der Waals surface area contributed by atoms with Crippen LogP contribution in [0.1, 0.15) is 31.7 Å². The maximum atomic E-state index is 11.6. The Balaban J connectivity index is 2.00. The molecule has 1 aromatic carbocycles. The average Bonchev–Trinajstić information content (AvgIpc) is 2.85. The van der Waals surface area contributed by atoms with Gasteiger partial charge < -0.3 is 9.84 Å². The van der Waals surface area contributed by atoms with Crippen molar-refractivity contribution in [1.82, 2.24) is 15.5 Å². The first-order valence-electron chi connectivity index (χ1n) is 6.71. The van der Waals surface area contributed by atoms with E-state index in [0.717, 1.165) is 11.1 Å². The Hall–Kier alpha value is -2.17. The average molecular weight is 273 g/mol. The Morgan fingerprint density at radius 3 is 2.80 bits per heavy atom. The highest BCUT2D eigenvalue weighted by Gasteiger charge is 2.11. The topological polar surface area (TPSA) is 68.0 Å². The van der Waals surface area contributed by atoms with E-state index in [2.05, 4.69) is 15.5 Å². The van der Waals surface area contributed by atoms with Gasteiger partial charge in [0.1, 0.15) is 0 Å². The predicted molar refractivity (Wildman–Crippen MR) is 75.8 cm³/mol. The molecule has 2 aromatic rings. The van der Waals surface area contributed by atoms with E-state index in [-0.39, 0.29) is 12.5 Å². The number of nitrogens with one attached hydrogen (secondary N) is 1. The standard InChI is InChI=1S/C15H19N3O2/c1-10(2)8-13(19)16-9-14-17-15(18-20-14)12-7-5-4-6-11(12)3/h4-7,10H,8-9H2,1-3H3,(H,16,19). The monoisotopic (exact) mass is 273 g/mol. The lowest BCUT2D eigenvalue weighted by molar-refractivity contribution is -0.122. The molecule has 0 aliphatic heterocycles. The number of rotatable bonds is 5. The van der Waals surface area contributed by atoms with Crippen molar-refractivity contribution in [3.05, 3.63) is 35.7 Å². The minimum Gasteiger partial charge on any atom is -0.347 e. The van der Waals surface area contributed by atoms with Crippen LogP contribution in [0.25, 0.3) is 11.4 Å². The second-order valence-electron chi connectivity index (χ2n) is 5.20. The summed E-state index contributed by atoms with van der Waals surface area (Å²) in [7, 11) is 0. The number of aryl methyl sites for hydroxylation is 1. The van der Waals surface area contributed by atoms with Crippen LogP contribution in [0.3, 0.4) is 0 Å². The summed E-state index contributed by atoms with van der Waals surface area (Å²) in [5.41, 5.74) is 2.03. The zero-order valence-corrected chi connectivity index (χ0v) is 12.0. The molecule has 0 aliphatic rings. The molecule has 1 N–H and O–H groups in total. The van der Waals surface area contributed by atoms with Crippen LogP contribution >= 0.6 is 0 Å². The van der Waals surface area contributed by atoms with Gasteiger partial charge in [0, 0.05) is 12.0 Å². The minimum atomic E-state index is -0.00404. The van der Waals surface area contributed by atoms with Crippen LogP contribution in [0.5, 0.6) is 0 Å². The van der Waals surface area contributed by atoms with Gasteiger partial charge in [-0.2, -0.15) is 4.98 Å². The summed E-state index contributed by atoms with van der Waals surface area (Å²) in [6, 6.07) is 7.84. The van der Waals surface area contributed by atoms with Crippen molar-refractivity contribution in [3.8, 4) is 11.4 Å². The van der Waals surface area contributed by atoms with E-state index in [4.69, 9.17) is 4.52 Å². The number of carbonyl (C=O) groups is 1. The molecule has 0 saturated carbocycles. The van der Waals surface area contributed by atoms with Crippen LogP contribution in [-0.2, 0) is 11.3 Å². The Morgan fingerprint density at radius 1 is 1.35 bits per heavy atom. The van der Waals surface area contributed by atoms with E-state index in [1.165, 1.54) is 0 Å². The van der Waals surface area contributed by atoms with E-state index in [1.807, 2.05) is 45.0 Å². The van der Waals surface area contributed by atoms with Gasteiger partial charge in [0.25, 0.3) is 0 Å². The highest BCUT2D eigenvalue weighted by atomic mass is 16.5. The van der Waals surface area contributed by atoms with E-state index in [1.54, 1.807) is 0 Å². The molecular formula is C15H19N3O2. The van der Waals surface area contributed by atoms with Crippen molar-refractivity contribution in [2.24, 2.45) is 5.92 Å². The van der Waals surface area contributed by atoms with E-state index in [0.29, 0.717) is 24.1 Å². The molecule has 0 spiro atoms. The number of carbonyl (C=O) groups excluding carboxylic acids is 1. The fourth-order valence-corrected chi connectivity index (χ4v) is 1.88. The zero-order valence-electron chi connectivity index (χ0n) is 12.0. The van der Waals surface area contributed by atoms with Gasteiger partial charge in [0.2, 0.25) is 17.6 Å². The molecule has 0 saturated heterocycles. The van der Waals surface area contributed by atoms with E-state index < -0.39 is 0 Å². The third-order valence-corrected chi connectivity index (χ3v) is 2.88. The van der Waals surface area contributed by atoms with Gasteiger partial charge in [0.05, 0.1) is 6.54 Å². The van der Waals surface area contributed by atoms with Crippen LogP contribution < -0.4 is 5.32 Å². The molecule has 0 unspecified atom stereocenters. The van der Waals surface area contributed by atoms with Crippen molar-refractivity contribution in [1.29, 1.82) is 0 Å². The fourth-order valence-electron chi connectivity index (χ4n) is 1.88. The first-order valence-corrected chi connectivity index (χ1v) is 6.71.